The summed E-state index contributed by atoms with van der Waals surface area (Å²) in [7, 11) is 0. The summed E-state index contributed by atoms with van der Waals surface area (Å²) in [6.45, 7) is 2.05. The largest absolute Gasteiger partial charge is 0.268 e. The van der Waals surface area contributed by atoms with Crippen molar-refractivity contribution in [2.75, 3.05) is 5.43 Å². The Morgan fingerprint density at radius 2 is 1.64 bits per heavy atom. The fourth-order valence-electron chi connectivity index (χ4n) is 5.92. The first-order chi connectivity index (χ1) is 17.6. The second-order valence-corrected chi connectivity index (χ2v) is 10.1. The highest BCUT2D eigenvalue weighted by atomic mass is 16.1. The molecule has 1 N–H and O–H groups in total. The smallest absolute Gasteiger partial charge is 0.263 e. The molecule has 0 bridgehead atoms. The first-order valence-corrected chi connectivity index (χ1v) is 12.8. The van der Waals surface area contributed by atoms with E-state index >= 15 is 0 Å². The van der Waals surface area contributed by atoms with Crippen LogP contribution in [0.1, 0.15) is 54.4 Å². The van der Waals surface area contributed by atoms with E-state index in [0.717, 1.165) is 65.7 Å². The van der Waals surface area contributed by atoms with Gasteiger partial charge in [-0.15, -0.1) is 0 Å². The maximum atomic E-state index is 14.5. The molecule has 5 heteroatoms. The van der Waals surface area contributed by atoms with Gasteiger partial charge in [-0.1, -0.05) is 91.6 Å². The Morgan fingerprint density at radius 1 is 0.917 bits per heavy atom. The fraction of sp³-hybridized carbons (Fsp3) is 0.258. The van der Waals surface area contributed by atoms with Crippen LogP contribution in [0.3, 0.4) is 0 Å². The van der Waals surface area contributed by atoms with E-state index in [1.807, 2.05) is 60.7 Å². The van der Waals surface area contributed by atoms with Crippen molar-refractivity contribution in [3.8, 4) is 16.9 Å². The normalized spacial score (nSPS) is 16.0. The molecule has 1 saturated carbocycles. The predicted octanol–water partition coefficient (Wildman–Crippen LogP) is 6.41. The van der Waals surface area contributed by atoms with Gasteiger partial charge in [0.25, 0.3) is 5.56 Å². The molecule has 5 nitrogen and oxygen atoms in total. The van der Waals surface area contributed by atoms with Crippen molar-refractivity contribution < 1.29 is 0 Å². The van der Waals surface area contributed by atoms with Gasteiger partial charge in [0.2, 0.25) is 5.95 Å². The highest BCUT2D eigenvalue weighted by molar-refractivity contribution is 5.80. The van der Waals surface area contributed by atoms with Crippen LogP contribution in [-0.4, -0.2) is 15.8 Å². The zero-order chi connectivity index (χ0) is 24.5. The molecule has 1 heterocycles. The molecule has 1 fully saturated rings. The van der Waals surface area contributed by atoms with Crippen LogP contribution < -0.4 is 11.0 Å². The number of nitrogens with zero attached hydrogens (tertiary/aromatic N) is 3. The highest BCUT2D eigenvalue weighted by Gasteiger charge is 2.43. The topological polar surface area (TPSA) is 59.3 Å². The van der Waals surface area contributed by atoms with Gasteiger partial charge in [0.1, 0.15) is 0 Å². The van der Waals surface area contributed by atoms with E-state index in [9.17, 15) is 4.79 Å². The summed E-state index contributed by atoms with van der Waals surface area (Å²) >= 11 is 0. The Hall–Kier alpha value is -3.99. The maximum Gasteiger partial charge on any atom is 0.263 e. The number of benzene rings is 3. The minimum atomic E-state index is -0.162. The number of aryl methyl sites for hydroxylation is 1. The van der Waals surface area contributed by atoms with E-state index < -0.39 is 0 Å². The molecule has 2 aliphatic rings. The standard InChI is InChI=1S/C31H30N4O/c1-22-14-16-25(17-15-22)35-29(36)27-28(33-30(35)34-32-21-23-10-4-2-5-11-23)26-13-7-6-12-24(26)20-31(27)18-8-3-9-19-31/h2,4-7,10-17,21H,3,8-9,18-20H2,1H3,(H,33,34). The minimum Gasteiger partial charge on any atom is -0.268 e. The summed E-state index contributed by atoms with van der Waals surface area (Å²) in [6, 6.07) is 26.4. The number of hydrogen-bond acceptors (Lipinski definition) is 4. The number of hydrogen-bond donors (Lipinski definition) is 1. The molecule has 6 rings (SSSR count). The number of nitrogens with one attached hydrogen (secondary N) is 1. The van der Waals surface area contributed by atoms with Crippen LogP contribution in [0.2, 0.25) is 0 Å². The van der Waals surface area contributed by atoms with Crippen molar-refractivity contribution in [2.24, 2.45) is 5.10 Å². The van der Waals surface area contributed by atoms with Crippen LogP contribution in [0.5, 0.6) is 0 Å². The molecule has 3 aromatic carbocycles. The number of anilines is 1. The van der Waals surface area contributed by atoms with Crippen LogP contribution in [-0.2, 0) is 11.8 Å². The first-order valence-electron chi connectivity index (χ1n) is 12.8. The number of aromatic nitrogens is 2. The average Bonchev–Trinajstić information content (AvgIpc) is 2.90. The van der Waals surface area contributed by atoms with Crippen molar-refractivity contribution in [3.05, 3.63) is 111 Å². The molecule has 0 unspecified atom stereocenters. The molecule has 36 heavy (non-hydrogen) atoms. The van der Waals surface area contributed by atoms with Crippen molar-refractivity contribution >= 4 is 12.2 Å². The summed E-state index contributed by atoms with van der Waals surface area (Å²) in [6.07, 6.45) is 8.23. The van der Waals surface area contributed by atoms with Crippen LogP contribution >= 0.6 is 0 Å². The van der Waals surface area contributed by atoms with E-state index in [0.29, 0.717) is 5.95 Å². The Morgan fingerprint density at radius 3 is 2.42 bits per heavy atom. The third-order valence-corrected chi connectivity index (χ3v) is 7.70. The maximum absolute atomic E-state index is 14.5. The lowest BCUT2D eigenvalue weighted by Crippen LogP contribution is -2.42. The molecule has 4 aromatic rings. The summed E-state index contributed by atoms with van der Waals surface area (Å²) in [4.78, 5) is 19.6. The molecule has 0 radical (unpaired) electrons. The minimum absolute atomic E-state index is 0.0117. The van der Waals surface area contributed by atoms with Crippen LogP contribution in [0.25, 0.3) is 16.9 Å². The molecular weight excluding hydrogens is 444 g/mol. The van der Waals surface area contributed by atoms with Crippen LogP contribution in [0, 0.1) is 6.92 Å². The molecule has 1 spiro atoms. The Kier molecular flexibility index (Phi) is 5.76. The summed E-state index contributed by atoms with van der Waals surface area (Å²) in [5.41, 5.74) is 9.90. The zero-order valence-electron chi connectivity index (χ0n) is 20.6. The zero-order valence-corrected chi connectivity index (χ0v) is 20.6. The van der Waals surface area contributed by atoms with E-state index in [-0.39, 0.29) is 11.0 Å². The molecule has 0 saturated heterocycles. The van der Waals surface area contributed by atoms with E-state index in [4.69, 9.17) is 4.98 Å². The SMILES string of the molecule is Cc1ccc(-n2c(NN=Cc3ccccc3)nc3c(c2=O)C2(CCCCC2)Cc2ccccc2-3)cc1. The van der Waals surface area contributed by atoms with E-state index in [2.05, 4.69) is 35.7 Å². The fourth-order valence-corrected chi connectivity index (χ4v) is 5.92. The molecular formula is C31H30N4O. The molecule has 180 valence electrons. The molecule has 0 atom stereocenters. The van der Waals surface area contributed by atoms with E-state index in [1.54, 1.807) is 10.8 Å². The van der Waals surface area contributed by atoms with Gasteiger partial charge < -0.3 is 0 Å². The van der Waals surface area contributed by atoms with Gasteiger partial charge in [0.05, 0.1) is 23.2 Å². The number of fused-ring (bicyclic) bond motifs is 4. The lowest BCUT2D eigenvalue weighted by molar-refractivity contribution is 0.284. The lowest BCUT2D eigenvalue weighted by atomic mass is 9.62. The monoisotopic (exact) mass is 474 g/mol. The van der Waals surface area contributed by atoms with Gasteiger partial charge in [0.15, 0.2) is 0 Å². The van der Waals surface area contributed by atoms with Crippen LogP contribution in [0.15, 0.2) is 88.8 Å². The van der Waals surface area contributed by atoms with Crippen molar-refractivity contribution in [1.29, 1.82) is 0 Å². The second-order valence-electron chi connectivity index (χ2n) is 10.1. The lowest BCUT2D eigenvalue weighted by Gasteiger charge is -2.42. The van der Waals surface area contributed by atoms with Crippen LogP contribution in [0.4, 0.5) is 5.95 Å². The van der Waals surface area contributed by atoms with Crippen molar-refractivity contribution in [3.63, 3.8) is 0 Å². The molecule has 0 aliphatic heterocycles. The van der Waals surface area contributed by atoms with Gasteiger partial charge >= 0.3 is 0 Å². The van der Waals surface area contributed by atoms with Crippen molar-refractivity contribution in [2.45, 2.75) is 50.9 Å². The van der Waals surface area contributed by atoms with Gasteiger partial charge in [-0.05, 0) is 49.4 Å². The number of rotatable bonds is 4. The summed E-state index contributed by atoms with van der Waals surface area (Å²) < 4.78 is 1.71. The summed E-state index contributed by atoms with van der Waals surface area (Å²) in [5.74, 6) is 0.428. The summed E-state index contributed by atoms with van der Waals surface area (Å²) in [5, 5.41) is 4.47. The predicted molar refractivity (Wildman–Crippen MR) is 146 cm³/mol. The Balaban J connectivity index is 1.57. The Labute approximate surface area is 211 Å². The van der Waals surface area contributed by atoms with Gasteiger partial charge in [-0.25, -0.2) is 15.0 Å². The highest BCUT2D eigenvalue weighted by Crippen LogP contribution is 2.48. The van der Waals surface area contributed by atoms with Gasteiger partial charge in [-0.2, -0.15) is 5.10 Å². The third-order valence-electron chi connectivity index (χ3n) is 7.70. The third kappa shape index (κ3) is 3.95. The van der Waals surface area contributed by atoms with Gasteiger partial charge in [0, 0.05) is 11.0 Å². The van der Waals surface area contributed by atoms with E-state index in [1.165, 1.54) is 12.0 Å². The second kappa shape index (κ2) is 9.23. The molecule has 1 aromatic heterocycles. The molecule has 2 aliphatic carbocycles. The molecule has 0 amide bonds. The average molecular weight is 475 g/mol. The number of hydrazone groups is 1. The van der Waals surface area contributed by atoms with Crippen molar-refractivity contribution in [1.82, 2.24) is 9.55 Å². The first kappa shape index (κ1) is 22.5. The Bertz CT molecular complexity index is 1480. The quantitative estimate of drug-likeness (QED) is 0.275. The van der Waals surface area contributed by atoms with Gasteiger partial charge in [-0.3, -0.25) is 4.79 Å².